The smallest absolute Gasteiger partial charge is 0.270 e. The van der Waals surface area contributed by atoms with E-state index in [1.54, 1.807) is 32.6 Å². The van der Waals surface area contributed by atoms with Gasteiger partial charge in [0.25, 0.3) is 11.8 Å². The minimum Gasteiger partial charge on any atom is -0.505 e. The minimum absolute atomic E-state index is 0.0286. The first-order chi connectivity index (χ1) is 19.3. The highest BCUT2D eigenvalue weighted by atomic mass is 16.3. The van der Waals surface area contributed by atoms with Gasteiger partial charge in [-0.1, -0.05) is 43.3 Å². The molecule has 3 N–H and O–H groups in total. The summed E-state index contributed by atoms with van der Waals surface area (Å²) >= 11 is 0. The lowest BCUT2D eigenvalue weighted by Gasteiger charge is -2.35. The predicted molar refractivity (Wildman–Crippen MR) is 151 cm³/mol. The summed E-state index contributed by atoms with van der Waals surface area (Å²) in [5.74, 6) is -1.49. The topological polar surface area (TPSA) is 124 Å². The molecule has 0 bridgehead atoms. The molecule has 2 aromatic carbocycles. The number of phenols is 1. The molecule has 4 rings (SSSR count). The zero-order valence-corrected chi connectivity index (χ0v) is 22.5. The summed E-state index contributed by atoms with van der Waals surface area (Å²) in [5.41, 5.74) is 1.86. The highest BCUT2D eigenvalue weighted by molar-refractivity contribution is 6.32. The van der Waals surface area contributed by atoms with Crippen LogP contribution in [0, 0.1) is 0 Å². The minimum atomic E-state index is -0.753. The number of phenolic OH excluding ortho intramolecular Hbond substituents is 1. The van der Waals surface area contributed by atoms with Gasteiger partial charge in [-0.3, -0.25) is 19.2 Å². The van der Waals surface area contributed by atoms with Crippen molar-refractivity contribution in [1.82, 2.24) is 19.7 Å². The molecule has 2 amide bonds. The van der Waals surface area contributed by atoms with Crippen LogP contribution in [-0.4, -0.2) is 69.5 Å². The van der Waals surface area contributed by atoms with E-state index in [4.69, 9.17) is 0 Å². The molecule has 208 valence electrons. The van der Waals surface area contributed by atoms with Gasteiger partial charge < -0.3 is 30.1 Å². The summed E-state index contributed by atoms with van der Waals surface area (Å²) in [6.07, 6.45) is 4.01. The summed E-state index contributed by atoms with van der Waals surface area (Å²) in [6, 6.07) is 17.6. The quantitative estimate of drug-likeness (QED) is 0.155. The molecule has 1 aromatic heterocycles. The van der Waals surface area contributed by atoms with Gasteiger partial charge in [0.15, 0.2) is 12.0 Å². The molecule has 1 fully saturated rings. The number of aryl methyl sites for hydroxylation is 1. The number of nitrogens with zero attached hydrogens (tertiary/aromatic N) is 3. The Morgan fingerprint density at radius 1 is 0.925 bits per heavy atom. The van der Waals surface area contributed by atoms with Crippen molar-refractivity contribution in [3.63, 3.8) is 0 Å². The van der Waals surface area contributed by atoms with E-state index in [9.17, 15) is 24.3 Å². The lowest BCUT2D eigenvalue weighted by atomic mass is 10.0. The van der Waals surface area contributed by atoms with Crippen molar-refractivity contribution in [3.8, 4) is 5.75 Å². The third kappa shape index (κ3) is 6.23. The number of hydrogen-bond donors (Lipinski definition) is 3. The number of hydrogen-bond acceptors (Lipinski definition) is 7. The van der Waals surface area contributed by atoms with Crippen LogP contribution in [0.1, 0.15) is 45.8 Å². The Hall–Kier alpha value is -4.86. The summed E-state index contributed by atoms with van der Waals surface area (Å²) in [4.78, 5) is 53.0. The molecule has 1 aliphatic heterocycles. The van der Waals surface area contributed by atoms with Gasteiger partial charge in [-0.2, -0.15) is 0 Å². The number of aldehydes is 1. The largest absolute Gasteiger partial charge is 0.505 e. The van der Waals surface area contributed by atoms with Gasteiger partial charge in [0, 0.05) is 45.6 Å². The molecule has 2 heterocycles. The number of allylic oxidation sites excluding steroid dienone is 1. The predicted octanol–water partition coefficient (Wildman–Crippen LogP) is 3.09. The van der Waals surface area contributed by atoms with Crippen molar-refractivity contribution in [2.45, 2.75) is 19.4 Å². The fraction of sp³-hybridized carbons (Fsp3) is 0.267. The van der Waals surface area contributed by atoms with Crippen molar-refractivity contribution in [2.75, 3.05) is 31.5 Å². The van der Waals surface area contributed by atoms with E-state index >= 15 is 0 Å². The number of aromatic hydroxyl groups is 1. The van der Waals surface area contributed by atoms with E-state index in [-0.39, 0.29) is 46.8 Å². The number of ketones is 1. The van der Waals surface area contributed by atoms with Gasteiger partial charge >= 0.3 is 0 Å². The highest BCUT2D eigenvalue weighted by Gasteiger charge is 2.28. The van der Waals surface area contributed by atoms with Gasteiger partial charge in [-0.25, -0.2) is 0 Å². The van der Waals surface area contributed by atoms with E-state index in [1.165, 1.54) is 12.3 Å². The summed E-state index contributed by atoms with van der Waals surface area (Å²) in [5, 5.41) is 16.9. The summed E-state index contributed by atoms with van der Waals surface area (Å²) in [7, 11) is 1.81. The second kappa shape index (κ2) is 12.8. The van der Waals surface area contributed by atoms with Gasteiger partial charge in [0.05, 0.1) is 17.3 Å². The van der Waals surface area contributed by atoms with Crippen molar-refractivity contribution >= 4 is 29.6 Å². The van der Waals surface area contributed by atoms with Crippen LogP contribution in [0.25, 0.3) is 0 Å². The van der Waals surface area contributed by atoms with Crippen molar-refractivity contribution in [2.24, 2.45) is 7.05 Å². The Bertz CT molecular complexity index is 1410. The molecule has 0 saturated carbocycles. The first-order valence-electron chi connectivity index (χ1n) is 13.1. The van der Waals surface area contributed by atoms with E-state index in [1.807, 2.05) is 56.6 Å². The van der Waals surface area contributed by atoms with E-state index in [0.29, 0.717) is 38.3 Å². The molecule has 0 spiro atoms. The third-order valence-electron chi connectivity index (χ3n) is 6.97. The second-order valence-electron chi connectivity index (χ2n) is 9.49. The number of benzene rings is 2. The Balaban J connectivity index is 1.45. The highest BCUT2D eigenvalue weighted by Crippen LogP contribution is 2.29. The average molecular weight is 544 g/mol. The Kier molecular flexibility index (Phi) is 9.00. The van der Waals surface area contributed by atoms with Crippen LogP contribution in [0.15, 0.2) is 78.8 Å². The van der Waals surface area contributed by atoms with Gasteiger partial charge in [-0.15, -0.1) is 0 Å². The normalized spacial score (nSPS) is 14.4. The Morgan fingerprint density at radius 2 is 1.60 bits per heavy atom. The number of carbonyl (C=O) groups is 4. The molecular weight excluding hydrogens is 510 g/mol. The van der Waals surface area contributed by atoms with Crippen LogP contribution in [0.3, 0.4) is 0 Å². The number of Topliss-reactive ketones (excluding diaryl/α,β-unsaturated/α-hetero) is 1. The zero-order chi connectivity index (χ0) is 28.6. The van der Waals surface area contributed by atoms with E-state index in [0.717, 1.165) is 5.56 Å². The molecular formula is C30H33N5O5. The monoisotopic (exact) mass is 543 g/mol. The SMILES string of the molecule is CC[C@@H](N/C(=C\Nc1cccc(C(=O)N2CCN(C(=O)c3cccn3C)CC2)c1O)C(=O)C=O)c1ccccc1. The van der Waals surface area contributed by atoms with Crippen LogP contribution in [0.5, 0.6) is 5.75 Å². The molecule has 0 unspecified atom stereocenters. The first-order valence-corrected chi connectivity index (χ1v) is 13.1. The molecule has 0 aliphatic carbocycles. The van der Waals surface area contributed by atoms with Crippen molar-refractivity contribution < 1.29 is 24.3 Å². The van der Waals surface area contributed by atoms with E-state index < -0.39 is 5.78 Å². The van der Waals surface area contributed by atoms with Crippen molar-refractivity contribution in [1.29, 1.82) is 0 Å². The van der Waals surface area contributed by atoms with Crippen LogP contribution in [-0.2, 0) is 16.6 Å². The maximum atomic E-state index is 13.3. The molecule has 10 nitrogen and oxygen atoms in total. The molecule has 3 aromatic rings. The summed E-state index contributed by atoms with van der Waals surface area (Å²) in [6.45, 7) is 3.36. The molecule has 0 radical (unpaired) electrons. The molecule has 10 heteroatoms. The second-order valence-corrected chi connectivity index (χ2v) is 9.49. The molecule has 1 saturated heterocycles. The summed E-state index contributed by atoms with van der Waals surface area (Å²) < 4.78 is 1.76. The number of para-hydroxylation sites is 1. The third-order valence-corrected chi connectivity index (χ3v) is 6.97. The number of rotatable bonds is 10. The lowest BCUT2D eigenvalue weighted by Crippen LogP contribution is -2.50. The van der Waals surface area contributed by atoms with Crippen LogP contribution < -0.4 is 10.6 Å². The Labute approximate surface area is 232 Å². The lowest BCUT2D eigenvalue weighted by molar-refractivity contribution is -0.127. The van der Waals surface area contributed by atoms with Crippen LogP contribution in [0.2, 0.25) is 0 Å². The number of nitrogens with one attached hydrogen (secondary N) is 2. The fourth-order valence-electron chi connectivity index (χ4n) is 4.65. The molecule has 1 atom stereocenters. The van der Waals surface area contributed by atoms with Gasteiger partial charge in [0.1, 0.15) is 11.4 Å². The standard InChI is InChI=1S/C30H33N5O5/c1-3-23(21-9-5-4-6-10-21)32-25(27(37)20-36)19-31-24-12-7-11-22(28(24)38)29(39)34-15-17-35(18-16-34)30(40)26-13-8-14-33(26)2/h4-14,19-20,23,31-32,38H,3,15-18H2,1-2H3/b25-19-/t23-/m1/s1. The van der Waals surface area contributed by atoms with Gasteiger partial charge in [-0.05, 0) is 36.2 Å². The van der Waals surface area contributed by atoms with E-state index in [2.05, 4.69) is 10.6 Å². The zero-order valence-electron chi connectivity index (χ0n) is 22.5. The molecule has 1 aliphatic rings. The Morgan fingerprint density at radius 3 is 2.20 bits per heavy atom. The maximum Gasteiger partial charge on any atom is 0.270 e. The number of amides is 2. The number of carbonyl (C=O) groups excluding carboxylic acids is 4. The number of anilines is 1. The average Bonchev–Trinajstić information content (AvgIpc) is 3.43. The van der Waals surface area contributed by atoms with Crippen LogP contribution >= 0.6 is 0 Å². The first kappa shape index (κ1) is 28.2. The number of piperazine rings is 1. The number of aromatic nitrogens is 1. The fourth-order valence-corrected chi connectivity index (χ4v) is 4.65. The maximum absolute atomic E-state index is 13.3. The molecule has 40 heavy (non-hydrogen) atoms. The van der Waals surface area contributed by atoms with Gasteiger partial charge in [0.2, 0.25) is 5.78 Å². The van der Waals surface area contributed by atoms with Crippen molar-refractivity contribution in [3.05, 3.63) is 95.6 Å². The van der Waals surface area contributed by atoms with Crippen LogP contribution in [0.4, 0.5) is 5.69 Å².